The fourth-order valence-corrected chi connectivity index (χ4v) is 1.68. The predicted octanol–water partition coefficient (Wildman–Crippen LogP) is 0.939. The standard InChI is InChI=1S/C8H9NO4S/c1-2-6-3-4-7(14(12)13)5-8(6)9(10)11/h3-4H,2,5H2,1H3. The van der Waals surface area contributed by atoms with Crippen molar-refractivity contribution in [2.24, 2.45) is 0 Å². The molecule has 0 atom stereocenters. The molecule has 14 heavy (non-hydrogen) atoms. The molecule has 0 saturated carbocycles. The van der Waals surface area contributed by atoms with Crippen LogP contribution in [0.1, 0.15) is 19.8 Å². The number of nitrogens with zero attached hydrogens (tertiary/aromatic N) is 1. The number of allylic oxidation sites excluding steroid dienone is 4. The van der Waals surface area contributed by atoms with Crippen LogP contribution in [0.2, 0.25) is 0 Å². The molecule has 0 aromatic heterocycles. The van der Waals surface area contributed by atoms with E-state index >= 15 is 0 Å². The fourth-order valence-electron chi connectivity index (χ4n) is 1.25. The highest BCUT2D eigenvalue weighted by Gasteiger charge is 2.21. The molecule has 0 aliphatic heterocycles. The maximum absolute atomic E-state index is 10.6. The summed E-state index contributed by atoms with van der Waals surface area (Å²) in [6.45, 7) is 1.79. The van der Waals surface area contributed by atoms with Crippen molar-refractivity contribution in [3.05, 3.63) is 33.5 Å². The smallest absolute Gasteiger partial charge is 0.254 e. The van der Waals surface area contributed by atoms with Crippen LogP contribution in [-0.2, 0) is 10.3 Å². The lowest BCUT2D eigenvalue weighted by Gasteiger charge is -2.06. The molecule has 0 saturated heterocycles. The van der Waals surface area contributed by atoms with Crippen LogP contribution in [0, 0.1) is 10.1 Å². The van der Waals surface area contributed by atoms with Gasteiger partial charge in [-0.15, -0.1) is 0 Å². The van der Waals surface area contributed by atoms with Gasteiger partial charge < -0.3 is 0 Å². The third-order valence-corrected chi connectivity index (χ3v) is 2.71. The summed E-state index contributed by atoms with van der Waals surface area (Å²) in [5, 5.41) is 10.6. The van der Waals surface area contributed by atoms with E-state index in [1.54, 1.807) is 6.92 Å². The van der Waals surface area contributed by atoms with Crippen molar-refractivity contribution >= 4 is 15.2 Å². The second kappa shape index (κ2) is 4.19. The summed E-state index contributed by atoms with van der Waals surface area (Å²) in [5.74, 6) is 0. The largest absolute Gasteiger partial charge is 0.259 e. The molecule has 0 amide bonds. The Kier molecular flexibility index (Phi) is 3.19. The Morgan fingerprint density at radius 1 is 1.50 bits per heavy atom. The highest BCUT2D eigenvalue weighted by atomic mass is 32.2. The molecule has 5 nitrogen and oxygen atoms in total. The molecular formula is C8H9NO4S. The van der Waals surface area contributed by atoms with Gasteiger partial charge in [0.25, 0.3) is 5.70 Å². The molecule has 0 N–H and O–H groups in total. The van der Waals surface area contributed by atoms with E-state index in [1.165, 1.54) is 12.2 Å². The topological polar surface area (TPSA) is 77.3 Å². The molecule has 1 aliphatic rings. The van der Waals surface area contributed by atoms with Crippen molar-refractivity contribution in [1.82, 2.24) is 0 Å². The fraction of sp³-hybridized carbons (Fsp3) is 0.375. The van der Waals surface area contributed by atoms with Crippen LogP contribution < -0.4 is 0 Å². The van der Waals surface area contributed by atoms with E-state index in [0.29, 0.717) is 12.0 Å². The maximum atomic E-state index is 10.6. The molecule has 0 bridgehead atoms. The summed E-state index contributed by atoms with van der Waals surface area (Å²) < 4.78 is 21.2. The van der Waals surface area contributed by atoms with Crippen LogP contribution in [0.3, 0.4) is 0 Å². The van der Waals surface area contributed by atoms with Gasteiger partial charge in [0.1, 0.15) is 0 Å². The highest BCUT2D eigenvalue weighted by molar-refractivity contribution is 7.73. The van der Waals surface area contributed by atoms with Crippen LogP contribution in [0.25, 0.3) is 0 Å². The molecule has 0 fully saturated rings. The van der Waals surface area contributed by atoms with Crippen LogP contribution in [0.4, 0.5) is 0 Å². The third-order valence-electron chi connectivity index (χ3n) is 2.00. The number of hydrogen-bond donors (Lipinski definition) is 0. The Hall–Kier alpha value is -1.43. The molecule has 0 aromatic carbocycles. The third kappa shape index (κ3) is 2.08. The first kappa shape index (κ1) is 10.6. The molecule has 0 unspecified atom stereocenters. The van der Waals surface area contributed by atoms with Gasteiger partial charge in [-0.05, 0) is 12.5 Å². The van der Waals surface area contributed by atoms with E-state index in [2.05, 4.69) is 0 Å². The van der Waals surface area contributed by atoms with Gasteiger partial charge in [0.2, 0.25) is 10.3 Å². The first-order valence-corrected chi connectivity index (χ1v) is 5.13. The summed E-state index contributed by atoms with van der Waals surface area (Å²) in [6.07, 6.45) is 3.33. The molecular weight excluding hydrogens is 206 g/mol. The number of hydrogen-bond acceptors (Lipinski definition) is 4. The van der Waals surface area contributed by atoms with E-state index in [4.69, 9.17) is 0 Å². The summed E-state index contributed by atoms with van der Waals surface area (Å²) in [6, 6.07) is 0. The average molecular weight is 215 g/mol. The monoisotopic (exact) mass is 215 g/mol. The minimum absolute atomic E-state index is 0.0193. The summed E-state index contributed by atoms with van der Waals surface area (Å²) in [7, 11) is -2.36. The molecule has 0 aromatic rings. The van der Waals surface area contributed by atoms with E-state index < -0.39 is 15.2 Å². The first-order valence-electron chi connectivity index (χ1n) is 4.05. The van der Waals surface area contributed by atoms with Crippen molar-refractivity contribution in [1.29, 1.82) is 0 Å². The number of rotatable bonds is 2. The molecule has 0 heterocycles. The van der Waals surface area contributed by atoms with Gasteiger partial charge in [-0.1, -0.05) is 13.0 Å². The minimum Gasteiger partial charge on any atom is -0.259 e. The van der Waals surface area contributed by atoms with E-state index in [1.807, 2.05) is 0 Å². The SMILES string of the molecule is CCC1=C([N+](=O)[O-])CC(=S(=O)=O)C=C1. The molecule has 1 aliphatic carbocycles. The van der Waals surface area contributed by atoms with Gasteiger partial charge in [0.05, 0.1) is 16.2 Å². The van der Waals surface area contributed by atoms with Crippen molar-refractivity contribution in [2.45, 2.75) is 19.8 Å². The van der Waals surface area contributed by atoms with Crippen LogP contribution in [0.5, 0.6) is 0 Å². The van der Waals surface area contributed by atoms with Crippen molar-refractivity contribution in [2.75, 3.05) is 0 Å². The van der Waals surface area contributed by atoms with Gasteiger partial charge in [-0.2, -0.15) is 8.42 Å². The molecule has 0 radical (unpaired) electrons. The van der Waals surface area contributed by atoms with Crippen molar-refractivity contribution in [3.8, 4) is 0 Å². The highest BCUT2D eigenvalue weighted by Crippen LogP contribution is 2.19. The number of nitro groups is 1. The first-order chi connectivity index (χ1) is 6.56. The molecule has 0 spiro atoms. The van der Waals surface area contributed by atoms with Gasteiger partial charge >= 0.3 is 0 Å². The van der Waals surface area contributed by atoms with Crippen molar-refractivity contribution in [3.63, 3.8) is 0 Å². The molecule has 6 heteroatoms. The minimum atomic E-state index is -2.36. The normalized spacial score (nSPS) is 15.9. The van der Waals surface area contributed by atoms with Crippen LogP contribution >= 0.6 is 0 Å². The zero-order chi connectivity index (χ0) is 10.7. The second-order valence-corrected chi connectivity index (χ2v) is 3.79. The summed E-state index contributed by atoms with van der Waals surface area (Å²) >= 11 is 0. The summed E-state index contributed by atoms with van der Waals surface area (Å²) in [4.78, 5) is 10.1. The lowest BCUT2D eigenvalue weighted by atomic mass is 10.0. The lowest BCUT2D eigenvalue weighted by Crippen LogP contribution is -2.11. The molecule has 1 rings (SSSR count). The predicted molar refractivity (Wildman–Crippen MR) is 52.0 cm³/mol. The Labute approximate surface area is 82.4 Å². The Morgan fingerprint density at radius 3 is 2.57 bits per heavy atom. The van der Waals surface area contributed by atoms with Crippen LogP contribution in [-0.4, -0.2) is 18.2 Å². The lowest BCUT2D eigenvalue weighted by molar-refractivity contribution is -0.427. The van der Waals surface area contributed by atoms with E-state index in [-0.39, 0.29) is 17.0 Å². The second-order valence-electron chi connectivity index (χ2n) is 2.79. The van der Waals surface area contributed by atoms with E-state index in [0.717, 1.165) is 0 Å². The van der Waals surface area contributed by atoms with Gasteiger partial charge in [-0.3, -0.25) is 10.1 Å². The zero-order valence-electron chi connectivity index (χ0n) is 7.56. The van der Waals surface area contributed by atoms with Gasteiger partial charge in [-0.25, -0.2) is 0 Å². The average Bonchev–Trinajstić information content (AvgIpc) is 2.16. The Balaban J connectivity index is 3.21. The van der Waals surface area contributed by atoms with Gasteiger partial charge in [0.15, 0.2) is 0 Å². The maximum Gasteiger partial charge on any atom is 0.254 e. The molecule has 76 valence electrons. The quantitative estimate of drug-likeness (QED) is 0.390. The zero-order valence-corrected chi connectivity index (χ0v) is 8.37. The Morgan fingerprint density at radius 2 is 2.14 bits per heavy atom. The van der Waals surface area contributed by atoms with Gasteiger partial charge in [0, 0.05) is 5.57 Å². The van der Waals surface area contributed by atoms with Crippen LogP contribution in [0.15, 0.2) is 23.4 Å². The van der Waals surface area contributed by atoms with E-state index in [9.17, 15) is 18.5 Å². The Bertz CT molecular complexity index is 448. The summed E-state index contributed by atoms with van der Waals surface area (Å²) in [5.41, 5.74) is 0.568. The van der Waals surface area contributed by atoms with Crippen molar-refractivity contribution < 1.29 is 13.3 Å².